The SMILES string of the molecule is CCCCC(CCC)n1c(CCl)nc2ccccc2c1=O. The highest BCUT2D eigenvalue weighted by Crippen LogP contribution is 2.22. The van der Waals surface area contributed by atoms with Crippen LogP contribution in [0.25, 0.3) is 10.9 Å². The summed E-state index contributed by atoms with van der Waals surface area (Å²) in [6.45, 7) is 4.33. The Morgan fingerprint density at radius 3 is 2.62 bits per heavy atom. The molecule has 1 unspecified atom stereocenters. The van der Waals surface area contributed by atoms with Gasteiger partial charge in [-0.15, -0.1) is 11.6 Å². The average molecular weight is 307 g/mol. The predicted molar refractivity (Wildman–Crippen MR) is 89.0 cm³/mol. The van der Waals surface area contributed by atoms with E-state index in [1.165, 1.54) is 0 Å². The van der Waals surface area contributed by atoms with Gasteiger partial charge in [-0.1, -0.05) is 45.2 Å². The largest absolute Gasteiger partial charge is 0.292 e. The third kappa shape index (κ3) is 3.46. The van der Waals surface area contributed by atoms with E-state index in [1.54, 1.807) is 0 Å². The van der Waals surface area contributed by atoms with Crippen LogP contribution in [0.1, 0.15) is 57.8 Å². The second-order valence-corrected chi connectivity index (χ2v) is 5.71. The van der Waals surface area contributed by atoms with Crippen molar-refractivity contribution in [1.29, 1.82) is 0 Å². The van der Waals surface area contributed by atoms with Gasteiger partial charge in [-0.3, -0.25) is 9.36 Å². The van der Waals surface area contributed by atoms with E-state index in [2.05, 4.69) is 18.8 Å². The molecule has 0 bridgehead atoms. The first kappa shape index (κ1) is 16.0. The van der Waals surface area contributed by atoms with Crippen LogP contribution in [0.3, 0.4) is 0 Å². The van der Waals surface area contributed by atoms with E-state index in [4.69, 9.17) is 11.6 Å². The molecule has 0 N–H and O–H groups in total. The van der Waals surface area contributed by atoms with Crippen LogP contribution in [-0.4, -0.2) is 9.55 Å². The third-order valence-electron chi connectivity index (χ3n) is 3.88. The molecule has 21 heavy (non-hydrogen) atoms. The predicted octanol–water partition coefficient (Wildman–Crippen LogP) is 4.67. The molecule has 0 fully saturated rings. The fourth-order valence-electron chi connectivity index (χ4n) is 2.84. The highest BCUT2D eigenvalue weighted by atomic mass is 35.5. The molecule has 0 saturated heterocycles. The lowest BCUT2D eigenvalue weighted by Crippen LogP contribution is -2.29. The number of unbranched alkanes of at least 4 members (excludes halogenated alkanes) is 1. The first-order valence-corrected chi connectivity index (χ1v) is 8.32. The zero-order valence-electron chi connectivity index (χ0n) is 12.8. The summed E-state index contributed by atoms with van der Waals surface area (Å²) in [7, 11) is 0. The van der Waals surface area contributed by atoms with Crippen LogP contribution in [0, 0.1) is 0 Å². The maximum absolute atomic E-state index is 12.9. The maximum atomic E-state index is 12.9. The van der Waals surface area contributed by atoms with E-state index >= 15 is 0 Å². The summed E-state index contributed by atoms with van der Waals surface area (Å²) >= 11 is 6.06. The van der Waals surface area contributed by atoms with E-state index in [1.807, 2.05) is 28.8 Å². The van der Waals surface area contributed by atoms with E-state index in [-0.39, 0.29) is 17.5 Å². The Morgan fingerprint density at radius 1 is 1.19 bits per heavy atom. The number of benzene rings is 1. The highest BCUT2D eigenvalue weighted by Gasteiger charge is 2.17. The zero-order chi connectivity index (χ0) is 15.2. The van der Waals surface area contributed by atoms with E-state index < -0.39 is 0 Å². The Kier molecular flexibility index (Phi) is 5.80. The molecule has 0 saturated carbocycles. The molecule has 0 radical (unpaired) electrons. The van der Waals surface area contributed by atoms with Crippen molar-refractivity contribution in [1.82, 2.24) is 9.55 Å². The van der Waals surface area contributed by atoms with Gasteiger partial charge in [0.2, 0.25) is 0 Å². The summed E-state index contributed by atoms with van der Waals surface area (Å²) in [6.07, 6.45) is 5.30. The molecule has 1 aromatic carbocycles. The molecular formula is C17H23ClN2O. The van der Waals surface area contributed by atoms with E-state index in [9.17, 15) is 4.79 Å². The highest BCUT2D eigenvalue weighted by molar-refractivity contribution is 6.16. The van der Waals surface area contributed by atoms with Gasteiger partial charge in [-0.25, -0.2) is 4.98 Å². The van der Waals surface area contributed by atoms with Crippen molar-refractivity contribution in [3.05, 3.63) is 40.4 Å². The van der Waals surface area contributed by atoms with E-state index in [0.29, 0.717) is 11.2 Å². The molecule has 0 aliphatic rings. The standard InChI is InChI=1S/C17H23ClN2O/c1-3-5-9-13(8-4-2)20-16(12-18)19-15-11-7-6-10-14(15)17(20)21/h6-7,10-11,13H,3-5,8-9,12H2,1-2H3. The third-order valence-corrected chi connectivity index (χ3v) is 4.12. The topological polar surface area (TPSA) is 34.9 Å². The Labute approximate surface area is 131 Å². The number of hydrogen-bond acceptors (Lipinski definition) is 2. The molecule has 0 aliphatic carbocycles. The fourth-order valence-corrected chi connectivity index (χ4v) is 3.03. The van der Waals surface area contributed by atoms with Crippen LogP contribution in [0.2, 0.25) is 0 Å². The second-order valence-electron chi connectivity index (χ2n) is 5.44. The van der Waals surface area contributed by atoms with Crippen LogP contribution in [0.15, 0.2) is 29.1 Å². The number of halogens is 1. The summed E-state index contributed by atoms with van der Waals surface area (Å²) in [5, 5.41) is 0.684. The molecule has 0 spiro atoms. The molecule has 114 valence electrons. The minimum Gasteiger partial charge on any atom is -0.292 e. The number of hydrogen-bond donors (Lipinski definition) is 0. The molecule has 2 rings (SSSR count). The number of para-hydroxylation sites is 1. The summed E-state index contributed by atoms with van der Waals surface area (Å²) in [5.41, 5.74) is 0.783. The van der Waals surface area contributed by atoms with Crippen LogP contribution < -0.4 is 5.56 Å². The number of alkyl halides is 1. The number of aromatic nitrogens is 2. The van der Waals surface area contributed by atoms with Crippen LogP contribution in [0.4, 0.5) is 0 Å². The fraction of sp³-hybridized carbons (Fsp3) is 0.529. The molecule has 1 heterocycles. The quantitative estimate of drug-likeness (QED) is 0.697. The van der Waals surface area contributed by atoms with Crippen LogP contribution in [0.5, 0.6) is 0 Å². The van der Waals surface area contributed by atoms with Gasteiger partial charge >= 0.3 is 0 Å². The molecular weight excluding hydrogens is 284 g/mol. The Balaban J connectivity index is 2.58. The minimum absolute atomic E-state index is 0.0470. The smallest absolute Gasteiger partial charge is 0.261 e. The van der Waals surface area contributed by atoms with Gasteiger partial charge in [0.15, 0.2) is 0 Å². The lowest BCUT2D eigenvalue weighted by atomic mass is 10.0. The first-order valence-electron chi connectivity index (χ1n) is 7.79. The zero-order valence-corrected chi connectivity index (χ0v) is 13.6. The Bertz CT molecular complexity index is 651. The van der Waals surface area contributed by atoms with E-state index in [0.717, 1.165) is 37.6 Å². The van der Waals surface area contributed by atoms with Crippen molar-refractivity contribution >= 4 is 22.5 Å². The lowest BCUT2D eigenvalue weighted by Gasteiger charge is -2.22. The van der Waals surface area contributed by atoms with Gasteiger partial charge in [0.1, 0.15) is 5.82 Å². The Hall–Kier alpha value is -1.35. The van der Waals surface area contributed by atoms with Crippen molar-refractivity contribution in [3.8, 4) is 0 Å². The van der Waals surface area contributed by atoms with Crippen molar-refractivity contribution in [2.45, 2.75) is 57.9 Å². The molecule has 2 aromatic rings. The minimum atomic E-state index is 0.0470. The van der Waals surface area contributed by atoms with Crippen LogP contribution >= 0.6 is 11.6 Å². The number of fused-ring (bicyclic) bond motifs is 1. The number of rotatable bonds is 7. The molecule has 3 nitrogen and oxygen atoms in total. The Morgan fingerprint density at radius 2 is 1.95 bits per heavy atom. The van der Waals surface area contributed by atoms with Crippen molar-refractivity contribution in [2.24, 2.45) is 0 Å². The summed E-state index contributed by atoms with van der Waals surface area (Å²) in [6, 6.07) is 7.71. The van der Waals surface area contributed by atoms with Gasteiger partial charge in [-0.05, 0) is 25.0 Å². The summed E-state index contributed by atoms with van der Waals surface area (Å²) in [4.78, 5) is 17.4. The molecule has 4 heteroatoms. The lowest BCUT2D eigenvalue weighted by molar-refractivity contribution is 0.396. The van der Waals surface area contributed by atoms with Gasteiger partial charge < -0.3 is 0 Å². The van der Waals surface area contributed by atoms with Gasteiger partial charge in [0.25, 0.3) is 5.56 Å². The maximum Gasteiger partial charge on any atom is 0.261 e. The van der Waals surface area contributed by atoms with Crippen LogP contribution in [-0.2, 0) is 5.88 Å². The van der Waals surface area contributed by atoms with Gasteiger partial charge in [-0.2, -0.15) is 0 Å². The second kappa shape index (κ2) is 7.60. The number of nitrogens with zero attached hydrogens (tertiary/aromatic N) is 2. The van der Waals surface area contributed by atoms with Crippen molar-refractivity contribution in [2.75, 3.05) is 0 Å². The van der Waals surface area contributed by atoms with Crippen molar-refractivity contribution < 1.29 is 0 Å². The molecule has 1 atom stereocenters. The average Bonchev–Trinajstić information content (AvgIpc) is 2.51. The van der Waals surface area contributed by atoms with Crippen molar-refractivity contribution in [3.63, 3.8) is 0 Å². The van der Waals surface area contributed by atoms with Gasteiger partial charge in [0, 0.05) is 6.04 Å². The van der Waals surface area contributed by atoms with Gasteiger partial charge in [0.05, 0.1) is 16.8 Å². The molecule has 0 aliphatic heterocycles. The first-order chi connectivity index (χ1) is 10.2. The molecule has 0 amide bonds. The normalized spacial score (nSPS) is 12.7. The monoisotopic (exact) mass is 306 g/mol. The summed E-state index contributed by atoms with van der Waals surface area (Å²) in [5.74, 6) is 0.960. The summed E-state index contributed by atoms with van der Waals surface area (Å²) < 4.78 is 1.84. The molecule has 1 aromatic heterocycles.